The number of hydrogen-bond donors (Lipinski definition) is 2. The van der Waals surface area contributed by atoms with E-state index in [-0.39, 0.29) is 106 Å². The third-order valence-corrected chi connectivity index (χ3v) is 24.2. The van der Waals surface area contributed by atoms with Crippen molar-refractivity contribution in [2.75, 3.05) is 88.5 Å². The minimum Gasteiger partial charge on any atom is -0.457 e. The van der Waals surface area contributed by atoms with Crippen LogP contribution in [0.4, 0.5) is 11.4 Å². The molecule has 0 spiro atoms. The zero-order chi connectivity index (χ0) is 82.2. The maximum atomic E-state index is 16.7. The normalized spacial score (nSPS) is 17.1. The van der Waals surface area contributed by atoms with Crippen molar-refractivity contribution >= 4 is 102 Å². The summed E-state index contributed by atoms with van der Waals surface area (Å²) in [6.45, 7) is 23.9. The average molecular weight is 1590 g/mol. The molecule has 8 amide bonds. The van der Waals surface area contributed by atoms with Gasteiger partial charge < -0.3 is 58.7 Å². The number of ether oxygens (including phenoxy) is 6. The molecule has 4 atom stereocenters. The molecule has 2 N–H and O–H groups in total. The Balaban J connectivity index is 0.861. The van der Waals surface area contributed by atoms with E-state index in [0.717, 1.165) is 54.6 Å². The lowest BCUT2D eigenvalue weighted by molar-refractivity contribution is -0.137. The summed E-state index contributed by atoms with van der Waals surface area (Å²) < 4.78 is 40.3. The number of fused-ring (bicyclic) bond motifs is 2. The third-order valence-electron chi connectivity index (χ3n) is 24.2. The summed E-state index contributed by atoms with van der Waals surface area (Å²) in [5, 5.41) is 8.35. The maximum Gasteiger partial charge on any atom is 0.262 e. The molecule has 11 aromatic carbocycles. The lowest BCUT2D eigenvalue weighted by Crippen LogP contribution is -2.59. The number of hydrogen-bond acceptors (Lipinski definition) is 16. The number of aryl methyl sites for hydroxylation is 4. The molecule has 604 valence electrons. The summed E-state index contributed by atoms with van der Waals surface area (Å²) in [5.41, 5.74) is 8.34. The van der Waals surface area contributed by atoms with E-state index in [1.807, 2.05) is 191 Å². The van der Waals surface area contributed by atoms with E-state index >= 15 is 28.8 Å². The van der Waals surface area contributed by atoms with Crippen LogP contribution in [0.2, 0.25) is 0 Å². The smallest absolute Gasteiger partial charge is 0.262 e. The molecule has 0 saturated carbocycles. The first-order chi connectivity index (χ1) is 57.1. The van der Waals surface area contributed by atoms with Crippen LogP contribution in [0.3, 0.4) is 0 Å². The van der Waals surface area contributed by atoms with Gasteiger partial charge in [-0.15, -0.1) is 0 Å². The SMILES string of the molecule is CCc1cccc(Oc2cc3c4c(cc(Oc5cccc(CC)c5)c5c6c(Oc7cccc(CC)c7)cc7c8c(cc(Oc9cccc(CC)c9)c(c2c45)c86)C(=O)N(C(C(=O)N2CCN(c4cccc(C(=O)NCC5CO5)c4C)CC2)C(C)C)C7=O)C(=O)N(C(C(=O)N2CCN(c4cccc(C(=O)NCC5CO5)c4C)CC2)C(C)C)C3=O)c1. The van der Waals surface area contributed by atoms with Crippen LogP contribution in [0.15, 0.2) is 158 Å². The first-order valence-electron chi connectivity index (χ1n) is 41.4. The van der Waals surface area contributed by atoms with Gasteiger partial charge in [0.05, 0.1) is 47.7 Å². The second-order valence-electron chi connectivity index (χ2n) is 32.3. The molecule has 22 heteroatoms. The summed E-state index contributed by atoms with van der Waals surface area (Å²) >= 11 is 0. The van der Waals surface area contributed by atoms with Crippen LogP contribution < -0.4 is 39.4 Å². The zero-order valence-corrected chi connectivity index (χ0v) is 68.2. The van der Waals surface area contributed by atoms with Gasteiger partial charge in [0.1, 0.15) is 58.1 Å². The fourth-order valence-corrected chi connectivity index (χ4v) is 17.7. The van der Waals surface area contributed by atoms with Gasteiger partial charge in [-0.25, -0.2) is 0 Å². The van der Waals surface area contributed by atoms with Crippen LogP contribution >= 0.6 is 0 Å². The lowest BCUT2D eigenvalue weighted by Gasteiger charge is -2.42. The van der Waals surface area contributed by atoms with Gasteiger partial charge in [0.2, 0.25) is 11.8 Å². The summed E-state index contributed by atoms with van der Waals surface area (Å²) in [6, 6.07) is 45.7. The Labute approximate surface area is 685 Å². The fraction of sp³-hybridized carbons (Fsp3) is 0.333. The highest BCUT2D eigenvalue weighted by Crippen LogP contribution is 2.59. The fourth-order valence-electron chi connectivity index (χ4n) is 17.7. The van der Waals surface area contributed by atoms with Crippen LogP contribution in [-0.2, 0) is 44.7 Å². The molecule has 4 unspecified atom stereocenters. The zero-order valence-electron chi connectivity index (χ0n) is 68.2. The number of imide groups is 2. The second kappa shape index (κ2) is 31.9. The molecule has 0 aromatic heterocycles. The van der Waals surface area contributed by atoms with E-state index < -0.39 is 59.4 Å². The summed E-state index contributed by atoms with van der Waals surface area (Å²) in [5.74, 6) is -3.38. The first-order valence-corrected chi connectivity index (χ1v) is 41.4. The van der Waals surface area contributed by atoms with Crippen molar-refractivity contribution in [3.05, 3.63) is 224 Å². The molecular weight excluding hydrogens is 1490 g/mol. The number of nitrogens with one attached hydrogen (secondary N) is 2. The van der Waals surface area contributed by atoms with Gasteiger partial charge in [-0.05, 0) is 182 Å². The molecule has 6 heterocycles. The number of nitrogens with zero attached hydrogens (tertiary/aromatic N) is 6. The molecule has 0 radical (unpaired) electrons. The van der Waals surface area contributed by atoms with Crippen LogP contribution in [0.25, 0.3) is 43.1 Å². The number of anilines is 2. The average Bonchev–Trinajstić information content (AvgIpc) is 1.02. The highest BCUT2D eigenvalue weighted by atomic mass is 16.6. The van der Waals surface area contributed by atoms with Gasteiger partial charge in [0, 0.05) is 131 Å². The number of carbonyl (C=O) groups excluding carboxylic acids is 8. The topological polar surface area (TPSA) is 242 Å². The van der Waals surface area contributed by atoms with Crippen molar-refractivity contribution in [1.82, 2.24) is 30.2 Å². The van der Waals surface area contributed by atoms with E-state index in [4.69, 9.17) is 28.4 Å². The number of amides is 8. The predicted molar refractivity (Wildman–Crippen MR) is 454 cm³/mol. The molecule has 0 aliphatic carbocycles. The molecular formula is C96H96N8O14. The number of rotatable bonds is 26. The van der Waals surface area contributed by atoms with Crippen LogP contribution in [0.1, 0.15) is 151 Å². The monoisotopic (exact) mass is 1580 g/mol. The molecule has 4 fully saturated rings. The minimum atomic E-state index is -1.32. The minimum absolute atomic E-state index is 0.0138. The third kappa shape index (κ3) is 14.4. The Morgan fingerprint density at radius 3 is 0.924 bits per heavy atom. The van der Waals surface area contributed by atoms with Gasteiger partial charge >= 0.3 is 0 Å². The molecule has 11 aromatic rings. The Bertz CT molecular complexity index is 5350. The highest BCUT2D eigenvalue weighted by Gasteiger charge is 2.49. The standard InChI is InChI=1S/C96H96N8O14/c1-11-57-21-15-25-61(41-57)115-75-45-69-79-70(92(108)103(91(69)107)87(53(5)6)95(111)101-37-33-99(34-38-101)73-31-19-29-67(55(73)9)89(105)97-49-65-51-113-65)47-77(117-63-27-17-23-59(13-3)43-63)83-84-78(118-64-28-18-24-60(14-4)44-64)48-72-80-71(46-76(82(86(80)84)81(75)85(79)83)116-62-26-16-22-58(12-2)42-62)93(109)104(94(72)110)88(54(7)8)96(112)102-39-35-100(36-40-102)74-32-20-30-68(56(74)10)90(106)98-50-66-52-114-66/h15-32,41-48,53-54,65-66,87-88H,11-14,33-40,49-52H2,1-10H3,(H,97,105)(H,98,106). The van der Waals surface area contributed by atoms with Crippen molar-refractivity contribution in [1.29, 1.82) is 0 Å². The second-order valence-corrected chi connectivity index (χ2v) is 32.3. The number of piperazine rings is 2. The summed E-state index contributed by atoms with van der Waals surface area (Å²) in [7, 11) is 0. The van der Waals surface area contributed by atoms with Gasteiger partial charge in [-0.2, -0.15) is 0 Å². The van der Waals surface area contributed by atoms with Crippen molar-refractivity contribution in [3.63, 3.8) is 0 Å². The molecule has 0 bridgehead atoms. The Morgan fingerprint density at radius 1 is 0.381 bits per heavy atom. The molecule has 17 rings (SSSR count). The predicted octanol–water partition coefficient (Wildman–Crippen LogP) is 16.0. The molecule has 6 aliphatic rings. The molecule has 22 nitrogen and oxygen atoms in total. The van der Waals surface area contributed by atoms with Crippen molar-refractivity contribution in [2.24, 2.45) is 11.8 Å². The quantitative estimate of drug-likeness (QED) is 0.0222. The van der Waals surface area contributed by atoms with Crippen LogP contribution in [0, 0.1) is 25.7 Å². The highest BCUT2D eigenvalue weighted by molar-refractivity contribution is 6.45. The molecule has 6 aliphatic heterocycles. The van der Waals surface area contributed by atoms with E-state index in [9.17, 15) is 9.59 Å². The van der Waals surface area contributed by atoms with Gasteiger partial charge in [-0.1, -0.05) is 116 Å². The largest absolute Gasteiger partial charge is 0.457 e. The Hall–Kier alpha value is -12.4. The van der Waals surface area contributed by atoms with Crippen molar-refractivity contribution in [3.8, 4) is 46.0 Å². The van der Waals surface area contributed by atoms with Crippen molar-refractivity contribution in [2.45, 2.75) is 119 Å². The first kappa shape index (κ1) is 78.1. The van der Waals surface area contributed by atoms with E-state index in [2.05, 4.69) is 20.4 Å². The lowest BCUT2D eigenvalue weighted by atomic mass is 9.80. The summed E-state index contributed by atoms with van der Waals surface area (Å²) in [6.07, 6.45) is 2.59. The molecule has 118 heavy (non-hydrogen) atoms. The van der Waals surface area contributed by atoms with Crippen LogP contribution in [0.5, 0.6) is 46.0 Å². The van der Waals surface area contributed by atoms with Gasteiger partial charge in [-0.3, -0.25) is 48.2 Å². The number of benzene rings is 11. The maximum absolute atomic E-state index is 16.7. The van der Waals surface area contributed by atoms with Crippen molar-refractivity contribution < 1.29 is 66.8 Å². The van der Waals surface area contributed by atoms with E-state index in [1.54, 1.807) is 46.2 Å². The Kier molecular flexibility index (Phi) is 21.1. The van der Waals surface area contributed by atoms with Gasteiger partial charge in [0.25, 0.3) is 35.4 Å². The number of carbonyl (C=O) groups is 8. The number of epoxide rings is 2. The molecule has 4 saturated heterocycles. The van der Waals surface area contributed by atoms with E-state index in [1.165, 1.54) is 0 Å². The Morgan fingerprint density at radius 2 is 0.661 bits per heavy atom. The summed E-state index contributed by atoms with van der Waals surface area (Å²) in [4.78, 5) is 136. The van der Waals surface area contributed by atoms with E-state index in [0.29, 0.717) is 145 Å². The van der Waals surface area contributed by atoms with Crippen LogP contribution in [-0.4, -0.2) is 170 Å². The van der Waals surface area contributed by atoms with Gasteiger partial charge in [0.15, 0.2) is 0 Å².